The molecule has 0 aromatic carbocycles. The zero-order valence-corrected chi connectivity index (χ0v) is 10.8. The Morgan fingerprint density at radius 3 is 2.78 bits per heavy atom. The van der Waals surface area contributed by atoms with Crippen LogP contribution in [-0.2, 0) is 6.54 Å². The second-order valence-corrected chi connectivity index (χ2v) is 4.80. The van der Waals surface area contributed by atoms with Gasteiger partial charge in [0.25, 0.3) is 5.56 Å². The van der Waals surface area contributed by atoms with E-state index in [1.54, 1.807) is 6.20 Å². The largest absolute Gasteiger partial charge is 0.394 e. The summed E-state index contributed by atoms with van der Waals surface area (Å²) in [4.78, 5) is 13.9. The second-order valence-electron chi connectivity index (χ2n) is 4.42. The number of nitrogens with two attached hydrogens (primary N) is 1. The molecular weight excluding hydrogens is 256 g/mol. The molecule has 1 saturated heterocycles. The first-order valence-electron chi connectivity index (χ1n) is 6.00. The van der Waals surface area contributed by atoms with Crippen LogP contribution in [0.1, 0.15) is 12.8 Å². The maximum Gasteiger partial charge on any atom is 0.287 e. The van der Waals surface area contributed by atoms with Gasteiger partial charge in [0.05, 0.1) is 25.0 Å². The Morgan fingerprint density at radius 2 is 2.17 bits per heavy atom. The molecule has 0 bridgehead atoms. The fourth-order valence-corrected chi connectivity index (χ4v) is 2.34. The van der Waals surface area contributed by atoms with E-state index in [-0.39, 0.29) is 29.8 Å². The fraction of sp³-hybridized carbons (Fsp3) is 0.636. The third-order valence-electron chi connectivity index (χ3n) is 3.16. The second kappa shape index (κ2) is 5.69. The Bertz CT molecular complexity index is 469. The van der Waals surface area contributed by atoms with Crippen LogP contribution in [0, 0.1) is 0 Å². The van der Waals surface area contributed by atoms with E-state index in [2.05, 4.69) is 5.10 Å². The number of aromatic nitrogens is 2. The molecule has 1 aliphatic rings. The van der Waals surface area contributed by atoms with Gasteiger partial charge in [0.2, 0.25) is 0 Å². The molecule has 0 spiro atoms. The van der Waals surface area contributed by atoms with Gasteiger partial charge in [-0.15, -0.1) is 0 Å². The number of rotatable bonds is 3. The number of nitrogens with zero attached hydrogens (tertiary/aromatic N) is 3. The van der Waals surface area contributed by atoms with Gasteiger partial charge in [-0.2, -0.15) is 5.10 Å². The molecule has 0 radical (unpaired) electrons. The smallest absolute Gasteiger partial charge is 0.287 e. The number of halogens is 1. The van der Waals surface area contributed by atoms with Crippen LogP contribution in [0.4, 0.5) is 5.69 Å². The molecule has 3 N–H and O–H groups in total. The minimum Gasteiger partial charge on any atom is -0.394 e. The highest BCUT2D eigenvalue weighted by molar-refractivity contribution is 6.33. The third-order valence-corrected chi connectivity index (χ3v) is 3.51. The lowest BCUT2D eigenvalue weighted by molar-refractivity contribution is 0.266. The lowest BCUT2D eigenvalue weighted by atomic mass is 10.1. The van der Waals surface area contributed by atoms with Gasteiger partial charge >= 0.3 is 0 Å². The van der Waals surface area contributed by atoms with Crippen molar-refractivity contribution in [3.63, 3.8) is 0 Å². The maximum absolute atomic E-state index is 11.9. The van der Waals surface area contributed by atoms with Crippen molar-refractivity contribution in [1.29, 1.82) is 0 Å². The molecule has 0 unspecified atom stereocenters. The average Bonchev–Trinajstić information content (AvgIpc) is 2.37. The van der Waals surface area contributed by atoms with Crippen LogP contribution in [0.25, 0.3) is 0 Å². The monoisotopic (exact) mass is 272 g/mol. The van der Waals surface area contributed by atoms with E-state index in [0.29, 0.717) is 5.69 Å². The number of hydrogen-bond donors (Lipinski definition) is 2. The summed E-state index contributed by atoms with van der Waals surface area (Å²) in [7, 11) is 0. The highest BCUT2D eigenvalue weighted by Crippen LogP contribution is 2.24. The lowest BCUT2D eigenvalue weighted by Gasteiger charge is -2.32. The predicted octanol–water partition coefficient (Wildman–Crippen LogP) is -0.184. The highest BCUT2D eigenvalue weighted by atomic mass is 35.5. The minimum atomic E-state index is -0.363. The van der Waals surface area contributed by atoms with Crippen molar-refractivity contribution in [2.45, 2.75) is 25.4 Å². The first-order chi connectivity index (χ1) is 8.63. The predicted molar refractivity (Wildman–Crippen MR) is 70.0 cm³/mol. The zero-order chi connectivity index (χ0) is 13.1. The van der Waals surface area contributed by atoms with E-state index in [4.69, 9.17) is 22.4 Å². The Hall–Kier alpha value is -1.11. The maximum atomic E-state index is 11.9. The van der Waals surface area contributed by atoms with Gasteiger partial charge < -0.3 is 15.7 Å². The molecule has 2 rings (SSSR count). The number of aliphatic hydroxyl groups excluding tert-OH is 1. The van der Waals surface area contributed by atoms with Crippen LogP contribution in [0.5, 0.6) is 0 Å². The molecule has 0 amide bonds. The van der Waals surface area contributed by atoms with Crippen LogP contribution in [-0.4, -0.2) is 40.6 Å². The van der Waals surface area contributed by atoms with Gasteiger partial charge in [-0.25, -0.2) is 4.68 Å². The fourth-order valence-electron chi connectivity index (χ4n) is 2.07. The van der Waals surface area contributed by atoms with E-state index in [0.717, 1.165) is 25.9 Å². The van der Waals surface area contributed by atoms with E-state index >= 15 is 0 Å². The van der Waals surface area contributed by atoms with Gasteiger partial charge in [0.1, 0.15) is 5.02 Å². The van der Waals surface area contributed by atoms with Crippen LogP contribution in [0.3, 0.4) is 0 Å². The Labute approximate surface area is 110 Å². The number of hydrogen-bond acceptors (Lipinski definition) is 5. The first kappa shape index (κ1) is 13.3. The van der Waals surface area contributed by atoms with Crippen LogP contribution >= 0.6 is 11.6 Å². The number of piperidine rings is 1. The molecule has 100 valence electrons. The van der Waals surface area contributed by atoms with Crippen LogP contribution in [0.2, 0.25) is 5.02 Å². The summed E-state index contributed by atoms with van der Waals surface area (Å²) in [5.41, 5.74) is 6.13. The molecule has 7 heteroatoms. The molecule has 0 saturated carbocycles. The number of anilines is 1. The van der Waals surface area contributed by atoms with Gasteiger partial charge in [-0.1, -0.05) is 11.6 Å². The molecule has 1 fully saturated rings. The molecular formula is C11H17ClN4O2. The van der Waals surface area contributed by atoms with Crippen molar-refractivity contribution in [2.24, 2.45) is 5.73 Å². The molecule has 1 aliphatic heterocycles. The summed E-state index contributed by atoms with van der Waals surface area (Å²) < 4.78 is 1.17. The van der Waals surface area contributed by atoms with E-state index in [9.17, 15) is 4.79 Å². The van der Waals surface area contributed by atoms with Crippen molar-refractivity contribution >= 4 is 17.3 Å². The molecule has 6 nitrogen and oxygen atoms in total. The minimum absolute atomic E-state index is 0.138. The van der Waals surface area contributed by atoms with Crippen molar-refractivity contribution in [1.82, 2.24) is 9.78 Å². The van der Waals surface area contributed by atoms with E-state index in [1.807, 2.05) is 4.90 Å². The Kier molecular flexibility index (Phi) is 4.21. The summed E-state index contributed by atoms with van der Waals surface area (Å²) in [6.07, 6.45) is 3.35. The van der Waals surface area contributed by atoms with Gasteiger partial charge in [0, 0.05) is 19.1 Å². The zero-order valence-electron chi connectivity index (χ0n) is 10.0. The molecule has 1 aromatic rings. The van der Waals surface area contributed by atoms with E-state index < -0.39 is 0 Å². The topological polar surface area (TPSA) is 84.4 Å². The highest BCUT2D eigenvalue weighted by Gasteiger charge is 2.20. The van der Waals surface area contributed by atoms with Crippen LogP contribution < -0.4 is 16.2 Å². The van der Waals surface area contributed by atoms with Crippen molar-refractivity contribution < 1.29 is 5.11 Å². The van der Waals surface area contributed by atoms with Crippen molar-refractivity contribution in [3.05, 3.63) is 21.6 Å². The third kappa shape index (κ3) is 2.66. The molecule has 1 aromatic heterocycles. The lowest BCUT2D eigenvalue weighted by Crippen LogP contribution is -2.40. The number of aliphatic hydroxyl groups is 1. The van der Waals surface area contributed by atoms with Gasteiger partial charge in [0.15, 0.2) is 0 Å². The van der Waals surface area contributed by atoms with Gasteiger partial charge in [-0.05, 0) is 12.8 Å². The Morgan fingerprint density at radius 1 is 1.50 bits per heavy atom. The van der Waals surface area contributed by atoms with Crippen molar-refractivity contribution in [2.75, 3.05) is 24.6 Å². The Balaban J connectivity index is 2.24. The summed E-state index contributed by atoms with van der Waals surface area (Å²) >= 11 is 6.08. The van der Waals surface area contributed by atoms with Gasteiger partial charge in [-0.3, -0.25) is 4.79 Å². The SMILES string of the molecule is NC1CCN(c2cnn(CCO)c(=O)c2Cl)CC1. The summed E-state index contributed by atoms with van der Waals surface area (Å²) in [5, 5.41) is 13.0. The summed E-state index contributed by atoms with van der Waals surface area (Å²) in [6.45, 7) is 1.59. The van der Waals surface area contributed by atoms with Crippen LogP contribution in [0.15, 0.2) is 11.0 Å². The molecule has 18 heavy (non-hydrogen) atoms. The normalized spacial score (nSPS) is 17.2. The molecule has 2 heterocycles. The quantitative estimate of drug-likeness (QED) is 0.797. The van der Waals surface area contributed by atoms with E-state index in [1.165, 1.54) is 4.68 Å². The standard InChI is InChI=1S/C11H17ClN4O2/c12-10-9(15-3-1-8(13)2-4-15)7-14-16(5-6-17)11(10)18/h7-8,17H,1-6,13H2. The average molecular weight is 273 g/mol. The summed E-state index contributed by atoms with van der Waals surface area (Å²) in [6, 6.07) is 0.225. The molecule has 0 aliphatic carbocycles. The summed E-state index contributed by atoms with van der Waals surface area (Å²) in [5.74, 6) is 0. The first-order valence-corrected chi connectivity index (χ1v) is 6.38. The van der Waals surface area contributed by atoms with Crippen molar-refractivity contribution in [3.8, 4) is 0 Å². The molecule has 0 atom stereocenters.